The van der Waals surface area contributed by atoms with Gasteiger partial charge in [0.15, 0.2) is 0 Å². The van der Waals surface area contributed by atoms with Gasteiger partial charge in [0.2, 0.25) is 5.76 Å². The van der Waals surface area contributed by atoms with Crippen molar-refractivity contribution >= 4 is 29.2 Å². The van der Waals surface area contributed by atoms with Crippen molar-refractivity contribution in [2.75, 3.05) is 5.32 Å². The summed E-state index contributed by atoms with van der Waals surface area (Å²) < 4.78 is 4.80. The Morgan fingerprint density at radius 3 is 2.63 bits per heavy atom. The summed E-state index contributed by atoms with van der Waals surface area (Å²) in [7, 11) is 0. The zero-order valence-corrected chi connectivity index (χ0v) is 10.6. The molecule has 0 spiro atoms. The molecular formula is C12H9ClN2O4. The lowest BCUT2D eigenvalue weighted by molar-refractivity contribution is 0.0696. The van der Waals surface area contributed by atoms with E-state index >= 15 is 0 Å². The number of nitrogens with zero attached hydrogens (tertiary/aromatic N) is 1. The number of amides is 1. The molecule has 19 heavy (non-hydrogen) atoms. The fourth-order valence-corrected chi connectivity index (χ4v) is 1.63. The standard InChI is InChI=1S/C12H9ClN2O4/c1-6-4-10(19-15-6)11(16)14-9-3-2-7(12(17)18)5-8(9)13/h2-5H,1H3,(H,14,16)(H,17,18). The van der Waals surface area contributed by atoms with Crippen molar-refractivity contribution in [2.24, 2.45) is 0 Å². The smallest absolute Gasteiger partial charge is 0.335 e. The minimum absolute atomic E-state index is 0.0403. The first-order chi connectivity index (χ1) is 8.97. The fraction of sp³-hybridized carbons (Fsp3) is 0.0833. The highest BCUT2D eigenvalue weighted by molar-refractivity contribution is 6.34. The van der Waals surface area contributed by atoms with Crippen molar-refractivity contribution in [3.8, 4) is 0 Å². The number of hydrogen-bond acceptors (Lipinski definition) is 4. The zero-order valence-electron chi connectivity index (χ0n) is 9.81. The quantitative estimate of drug-likeness (QED) is 0.901. The van der Waals surface area contributed by atoms with Gasteiger partial charge in [-0.3, -0.25) is 4.79 Å². The van der Waals surface area contributed by atoms with Crippen LogP contribution in [0.2, 0.25) is 5.02 Å². The van der Waals surface area contributed by atoms with Crippen molar-refractivity contribution < 1.29 is 19.2 Å². The van der Waals surface area contributed by atoms with Gasteiger partial charge in [0, 0.05) is 6.07 Å². The van der Waals surface area contributed by atoms with Gasteiger partial charge in [0.05, 0.1) is 22.0 Å². The van der Waals surface area contributed by atoms with Gasteiger partial charge in [-0.15, -0.1) is 0 Å². The van der Waals surface area contributed by atoms with Crippen molar-refractivity contribution in [1.82, 2.24) is 5.16 Å². The van der Waals surface area contributed by atoms with Crippen molar-refractivity contribution in [1.29, 1.82) is 0 Å². The molecule has 2 rings (SSSR count). The molecule has 2 N–H and O–H groups in total. The number of aromatic carboxylic acids is 1. The molecule has 1 heterocycles. The first-order valence-corrected chi connectivity index (χ1v) is 5.62. The molecule has 0 fully saturated rings. The fourth-order valence-electron chi connectivity index (χ4n) is 1.40. The molecule has 7 heteroatoms. The Bertz CT molecular complexity index is 651. The number of aromatic nitrogens is 1. The van der Waals surface area contributed by atoms with Crippen LogP contribution in [0.3, 0.4) is 0 Å². The zero-order chi connectivity index (χ0) is 14.0. The Balaban J connectivity index is 2.20. The van der Waals surface area contributed by atoms with E-state index in [9.17, 15) is 9.59 Å². The second-order valence-electron chi connectivity index (χ2n) is 3.79. The van der Waals surface area contributed by atoms with Crippen LogP contribution in [0.25, 0.3) is 0 Å². The number of carboxylic acid groups (broad SMARTS) is 1. The first kappa shape index (κ1) is 13.1. The summed E-state index contributed by atoms with van der Waals surface area (Å²) >= 11 is 5.89. The minimum Gasteiger partial charge on any atom is -0.478 e. The predicted octanol–water partition coefficient (Wildman–Crippen LogP) is 2.59. The van der Waals surface area contributed by atoms with Gasteiger partial charge >= 0.3 is 5.97 Å². The molecule has 0 saturated heterocycles. The van der Waals surface area contributed by atoms with Crippen molar-refractivity contribution in [3.05, 3.63) is 46.3 Å². The van der Waals surface area contributed by atoms with Crippen LogP contribution in [-0.4, -0.2) is 22.1 Å². The molecular weight excluding hydrogens is 272 g/mol. The largest absolute Gasteiger partial charge is 0.478 e. The molecule has 0 aliphatic rings. The summed E-state index contributed by atoms with van der Waals surface area (Å²) in [4.78, 5) is 22.5. The molecule has 1 amide bonds. The van der Waals surface area contributed by atoms with E-state index in [1.807, 2.05) is 0 Å². The van der Waals surface area contributed by atoms with E-state index in [1.54, 1.807) is 6.92 Å². The van der Waals surface area contributed by atoms with E-state index in [0.29, 0.717) is 11.4 Å². The van der Waals surface area contributed by atoms with Crippen LogP contribution >= 0.6 is 11.6 Å². The average molecular weight is 281 g/mol. The van der Waals surface area contributed by atoms with Crippen LogP contribution in [0, 0.1) is 6.92 Å². The van der Waals surface area contributed by atoms with Gasteiger partial charge in [0.25, 0.3) is 5.91 Å². The van der Waals surface area contributed by atoms with E-state index in [0.717, 1.165) is 0 Å². The molecule has 2 aromatic rings. The number of carboxylic acids is 1. The number of halogens is 1. The number of carbonyl (C=O) groups is 2. The van der Waals surface area contributed by atoms with Crippen LogP contribution in [0.15, 0.2) is 28.8 Å². The van der Waals surface area contributed by atoms with Crippen LogP contribution in [-0.2, 0) is 0 Å². The molecule has 98 valence electrons. The Labute approximate surface area is 113 Å². The predicted molar refractivity (Wildman–Crippen MR) is 67.6 cm³/mol. The number of hydrogen-bond donors (Lipinski definition) is 2. The highest BCUT2D eigenvalue weighted by Crippen LogP contribution is 2.23. The SMILES string of the molecule is Cc1cc(C(=O)Nc2ccc(C(=O)O)cc2Cl)on1. The second kappa shape index (κ2) is 5.11. The minimum atomic E-state index is -1.09. The third-order valence-electron chi connectivity index (χ3n) is 2.32. The maximum Gasteiger partial charge on any atom is 0.335 e. The topological polar surface area (TPSA) is 92.4 Å². The summed E-state index contributed by atoms with van der Waals surface area (Å²) in [5.74, 6) is -1.55. The van der Waals surface area contributed by atoms with Crippen molar-refractivity contribution in [3.63, 3.8) is 0 Å². The van der Waals surface area contributed by atoms with Crippen LogP contribution in [0.4, 0.5) is 5.69 Å². The molecule has 1 aromatic carbocycles. The van der Waals surface area contributed by atoms with Gasteiger partial charge in [0.1, 0.15) is 0 Å². The average Bonchev–Trinajstić information content (AvgIpc) is 2.78. The molecule has 6 nitrogen and oxygen atoms in total. The number of benzene rings is 1. The van der Waals surface area contributed by atoms with Gasteiger partial charge in [-0.05, 0) is 25.1 Å². The van der Waals surface area contributed by atoms with E-state index in [4.69, 9.17) is 21.2 Å². The Hall–Kier alpha value is -2.34. The number of anilines is 1. The summed E-state index contributed by atoms with van der Waals surface area (Å²) in [6, 6.07) is 5.49. The number of aryl methyl sites for hydroxylation is 1. The monoisotopic (exact) mass is 280 g/mol. The normalized spacial score (nSPS) is 10.2. The maximum absolute atomic E-state index is 11.8. The lowest BCUT2D eigenvalue weighted by atomic mass is 10.2. The lowest BCUT2D eigenvalue weighted by Gasteiger charge is -2.05. The molecule has 1 aromatic heterocycles. The second-order valence-corrected chi connectivity index (χ2v) is 4.19. The summed E-state index contributed by atoms with van der Waals surface area (Å²) in [6.07, 6.45) is 0. The molecule has 0 atom stereocenters. The third kappa shape index (κ3) is 2.92. The van der Waals surface area contributed by atoms with Gasteiger partial charge in [-0.1, -0.05) is 16.8 Å². The van der Waals surface area contributed by atoms with E-state index < -0.39 is 11.9 Å². The molecule has 0 aliphatic carbocycles. The summed E-state index contributed by atoms with van der Waals surface area (Å²) in [5, 5.41) is 15.0. The third-order valence-corrected chi connectivity index (χ3v) is 2.63. The Kier molecular flexibility index (Phi) is 3.52. The van der Waals surface area contributed by atoms with Crippen molar-refractivity contribution in [2.45, 2.75) is 6.92 Å². The van der Waals surface area contributed by atoms with E-state index in [1.165, 1.54) is 24.3 Å². The summed E-state index contributed by atoms with van der Waals surface area (Å²) in [6.45, 7) is 1.69. The Morgan fingerprint density at radius 2 is 2.11 bits per heavy atom. The van der Waals surface area contributed by atoms with Crippen LogP contribution in [0.1, 0.15) is 26.6 Å². The first-order valence-electron chi connectivity index (χ1n) is 5.25. The highest BCUT2D eigenvalue weighted by atomic mass is 35.5. The Morgan fingerprint density at radius 1 is 1.37 bits per heavy atom. The van der Waals surface area contributed by atoms with Crippen LogP contribution < -0.4 is 5.32 Å². The lowest BCUT2D eigenvalue weighted by Crippen LogP contribution is -2.11. The van der Waals surface area contributed by atoms with Crippen LogP contribution in [0.5, 0.6) is 0 Å². The van der Waals surface area contributed by atoms with E-state index in [2.05, 4.69) is 10.5 Å². The van der Waals surface area contributed by atoms with Gasteiger partial charge in [-0.25, -0.2) is 4.79 Å². The molecule has 0 bridgehead atoms. The molecule has 0 unspecified atom stereocenters. The molecule has 0 aliphatic heterocycles. The van der Waals surface area contributed by atoms with Gasteiger partial charge in [-0.2, -0.15) is 0 Å². The summed E-state index contributed by atoms with van der Waals surface area (Å²) in [5.41, 5.74) is 0.918. The highest BCUT2D eigenvalue weighted by Gasteiger charge is 2.14. The van der Waals surface area contributed by atoms with Gasteiger partial charge < -0.3 is 14.9 Å². The molecule has 0 radical (unpaired) electrons. The van der Waals surface area contributed by atoms with E-state index in [-0.39, 0.29) is 16.3 Å². The molecule has 0 saturated carbocycles. The number of nitrogens with one attached hydrogen (secondary N) is 1. The number of carbonyl (C=O) groups excluding carboxylic acids is 1. The maximum atomic E-state index is 11.8. The number of rotatable bonds is 3.